The van der Waals surface area contributed by atoms with Crippen LogP contribution in [-0.2, 0) is 6.54 Å². The van der Waals surface area contributed by atoms with Crippen molar-refractivity contribution in [2.45, 2.75) is 6.54 Å². The molecule has 5 heteroatoms. The first-order chi connectivity index (χ1) is 12.2. The van der Waals surface area contributed by atoms with E-state index in [1.165, 1.54) is 11.3 Å². The molecule has 2 aromatic carbocycles. The maximum atomic E-state index is 12.8. The third-order valence-corrected chi connectivity index (χ3v) is 5.35. The fourth-order valence-corrected chi connectivity index (χ4v) is 3.92. The number of amides is 1. The quantitative estimate of drug-likeness (QED) is 0.785. The molecule has 124 valence electrons. The number of aliphatic imine (C=N–C) groups is 1. The van der Waals surface area contributed by atoms with Crippen molar-refractivity contribution in [3.63, 3.8) is 0 Å². The summed E-state index contributed by atoms with van der Waals surface area (Å²) in [5, 5.41) is 0. The molecule has 1 unspecified atom stereocenters. The van der Waals surface area contributed by atoms with Gasteiger partial charge in [0.1, 0.15) is 12.3 Å². The number of hydrogen-bond acceptors (Lipinski definition) is 4. The summed E-state index contributed by atoms with van der Waals surface area (Å²) in [6, 6.07) is 19.8. The van der Waals surface area contributed by atoms with Gasteiger partial charge in [-0.25, -0.2) is 14.7 Å². The molecule has 1 aliphatic heterocycles. The Morgan fingerprint density at radius 2 is 1.84 bits per heavy atom. The zero-order chi connectivity index (χ0) is 17.2. The van der Waals surface area contributed by atoms with Gasteiger partial charge in [-0.3, -0.25) is 0 Å². The minimum absolute atomic E-state index is 0.0821. The summed E-state index contributed by atoms with van der Waals surface area (Å²) >= 11 is 1.50. The van der Waals surface area contributed by atoms with E-state index in [0.717, 1.165) is 37.2 Å². The third-order valence-electron chi connectivity index (χ3n) is 4.18. The molecule has 0 radical (unpaired) electrons. The molecule has 1 N–H and O–H groups in total. The summed E-state index contributed by atoms with van der Waals surface area (Å²) in [4.78, 5) is 19.8. The standard InChI is InChI=1S/C20H16N2O2S/c1-24-16-9-7-15(8-10-16)18-11-17-19(25-18)20(23)22(13-21-17)12-14-5-3-2-4-6-14/h2-11,13H,12H2,1H3/p+1. The molecule has 25 heavy (non-hydrogen) atoms. The minimum atomic E-state index is 0.0821. The maximum absolute atomic E-state index is 12.8. The smallest absolute Gasteiger partial charge is 0.362 e. The van der Waals surface area contributed by atoms with Gasteiger partial charge in [0.2, 0.25) is 0 Å². The van der Waals surface area contributed by atoms with E-state index >= 15 is 0 Å². The highest BCUT2D eigenvalue weighted by atomic mass is 32.1. The van der Waals surface area contributed by atoms with Crippen LogP contribution in [0.4, 0.5) is 5.69 Å². The van der Waals surface area contributed by atoms with Crippen molar-refractivity contribution in [2.24, 2.45) is 4.99 Å². The van der Waals surface area contributed by atoms with Crippen molar-refractivity contribution in [3.8, 4) is 16.2 Å². The number of rotatable bonds is 4. The van der Waals surface area contributed by atoms with Gasteiger partial charge in [0, 0.05) is 10.4 Å². The van der Waals surface area contributed by atoms with Crippen LogP contribution in [0.3, 0.4) is 0 Å². The molecule has 1 atom stereocenters. The van der Waals surface area contributed by atoms with Crippen molar-refractivity contribution in [1.82, 2.24) is 0 Å². The molecule has 1 aliphatic rings. The molecule has 2 heterocycles. The average molecular weight is 349 g/mol. The molecule has 0 saturated heterocycles. The second-order valence-corrected chi connectivity index (χ2v) is 6.88. The van der Waals surface area contributed by atoms with E-state index in [1.54, 1.807) is 13.4 Å². The molecule has 3 aromatic rings. The summed E-state index contributed by atoms with van der Waals surface area (Å²) in [6.07, 6.45) is 1.71. The molecule has 0 saturated carbocycles. The number of carbonyl (C=O) groups is 1. The number of benzene rings is 2. The Labute approximate surface area is 150 Å². The average Bonchev–Trinajstić information content (AvgIpc) is 3.10. The summed E-state index contributed by atoms with van der Waals surface area (Å²) in [5.41, 5.74) is 2.94. The summed E-state index contributed by atoms with van der Waals surface area (Å²) in [7, 11) is 1.65. The van der Waals surface area contributed by atoms with E-state index in [9.17, 15) is 4.79 Å². The monoisotopic (exact) mass is 349 g/mol. The van der Waals surface area contributed by atoms with Crippen LogP contribution in [0.1, 0.15) is 15.2 Å². The van der Waals surface area contributed by atoms with Gasteiger partial charge < -0.3 is 4.74 Å². The first-order valence-corrected chi connectivity index (χ1v) is 8.83. The molecule has 0 bridgehead atoms. The lowest BCUT2D eigenvalue weighted by Gasteiger charge is -2.14. The van der Waals surface area contributed by atoms with Gasteiger partial charge in [-0.15, -0.1) is 11.3 Å². The van der Waals surface area contributed by atoms with Crippen LogP contribution in [0.5, 0.6) is 5.75 Å². The molecule has 4 rings (SSSR count). The van der Waals surface area contributed by atoms with Crippen molar-refractivity contribution in [1.29, 1.82) is 0 Å². The Balaban J connectivity index is 1.60. The zero-order valence-corrected chi connectivity index (χ0v) is 14.5. The van der Waals surface area contributed by atoms with Gasteiger partial charge >= 0.3 is 5.91 Å². The first kappa shape index (κ1) is 15.7. The number of nitrogens with zero attached hydrogens (tertiary/aromatic N) is 1. The van der Waals surface area contributed by atoms with Gasteiger partial charge in [-0.1, -0.05) is 30.3 Å². The van der Waals surface area contributed by atoms with Gasteiger partial charge in [0.15, 0.2) is 11.2 Å². The van der Waals surface area contributed by atoms with Gasteiger partial charge in [0.25, 0.3) is 0 Å². The Morgan fingerprint density at radius 3 is 2.56 bits per heavy atom. The second kappa shape index (κ2) is 6.63. The number of hydrogen-bond donors (Lipinski definition) is 1. The summed E-state index contributed by atoms with van der Waals surface area (Å²) in [6.45, 7) is 0.610. The predicted molar refractivity (Wildman–Crippen MR) is 99.9 cm³/mol. The largest absolute Gasteiger partial charge is 0.497 e. The van der Waals surface area contributed by atoms with Crippen molar-refractivity contribution in [3.05, 3.63) is 71.1 Å². The van der Waals surface area contributed by atoms with Crippen LogP contribution in [0.15, 0.2) is 65.7 Å². The number of nitrogens with one attached hydrogen (secondary N) is 1. The van der Waals surface area contributed by atoms with Gasteiger partial charge in [-0.2, -0.15) is 0 Å². The maximum Gasteiger partial charge on any atom is 0.362 e. The summed E-state index contributed by atoms with van der Waals surface area (Å²) in [5.74, 6) is 0.899. The van der Waals surface area contributed by atoms with Gasteiger partial charge in [0.05, 0.1) is 12.8 Å². The molecule has 0 aliphatic carbocycles. The number of quaternary nitrogens is 1. The van der Waals surface area contributed by atoms with Crippen molar-refractivity contribution < 1.29 is 14.4 Å². The third kappa shape index (κ3) is 3.12. The van der Waals surface area contributed by atoms with Crippen LogP contribution < -0.4 is 9.64 Å². The Hall–Kier alpha value is -2.76. The van der Waals surface area contributed by atoms with E-state index in [4.69, 9.17) is 4.74 Å². The van der Waals surface area contributed by atoms with Crippen molar-refractivity contribution in [2.75, 3.05) is 7.11 Å². The van der Waals surface area contributed by atoms with Crippen LogP contribution in [0, 0.1) is 0 Å². The van der Waals surface area contributed by atoms with E-state index in [-0.39, 0.29) is 5.91 Å². The van der Waals surface area contributed by atoms with E-state index in [1.807, 2.05) is 60.7 Å². The molecular formula is C20H17N2O2S+. The lowest BCUT2D eigenvalue weighted by Crippen LogP contribution is -3.12. The highest BCUT2D eigenvalue weighted by Crippen LogP contribution is 2.37. The van der Waals surface area contributed by atoms with Gasteiger partial charge in [-0.05, 0) is 35.9 Å². The van der Waals surface area contributed by atoms with Crippen LogP contribution in [-0.4, -0.2) is 19.4 Å². The normalized spacial score (nSPS) is 15.9. The molecule has 0 fully saturated rings. The Morgan fingerprint density at radius 1 is 1.08 bits per heavy atom. The van der Waals surface area contributed by atoms with E-state index < -0.39 is 0 Å². The Kier molecular flexibility index (Phi) is 4.17. The van der Waals surface area contributed by atoms with E-state index in [2.05, 4.69) is 4.99 Å². The zero-order valence-electron chi connectivity index (χ0n) is 13.7. The number of fused-ring (bicyclic) bond motifs is 1. The minimum Gasteiger partial charge on any atom is -0.497 e. The number of ether oxygens (including phenoxy) is 1. The molecule has 1 amide bonds. The topological polar surface area (TPSA) is 43.1 Å². The fourth-order valence-electron chi connectivity index (χ4n) is 2.83. The van der Waals surface area contributed by atoms with Crippen LogP contribution >= 0.6 is 11.3 Å². The van der Waals surface area contributed by atoms with E-state index in [0.29, 0.717) is 6.54 Å². The number of thiophene rings is 1. The highest BCUT2D eigenvalue weighted by molar-refractivity contribution is 7.18. The fraction of sp³-hybridized carbons (Fsp3) is 0.100. The lowest BCUT2D eigenvalue weighted by atomic mass is 10.1. The predicted octanol–water partition coefficient (Wildman–Crippen LogP) is 3.32. The number of methoxy groups -OCH3 is 1. The second-order valence-electron chi connectivity index (χ2n) is 5.83. The number of carbonyl (C=O) groups excluding carboxylic acids is 1. The summed E-state index contributed by atoms with van der Waals surface area (Å²) < 4.78 is 5.20. The SMILES string of the molecule is COc1ccc(-c2cc3c(s2)C(=O)[NH+](Cc2ccccc2)C=N3)cc1. The molecule has 4 nitrogen and oxygen atoms in total. The van der Waals surface area contributed by atoms with Crippen LogP contribution in [0.2, 0.25) is 0 Å². The highest BCUT2D eigenvalue weighted by Gasteiger charge is 2.30. The lowest BCUT2D eigenvalue weighted by molar-refractivity contribution is -0.721. The molecule has 1 aromatic heterocycles. The molecule has 0 spiro atoms. The van der Waals surface area contributed by atoms with Crippen molar-refractivity contribution >= 4 is 29.3 Å². The Bertz CT molecular complexity index is 930. The molecular weight excluding hydrogens is 332 g/mol. The first-order valence-electron chi connectivity index (χ1n) is 8.01. The van der Waals surface area contributed by atoms with Crippen LogP contribution in [0.25, 0.3) is 10.4 Å².